The molecule has 0 bridgehead atoms. The van der Waals surface area contributed by atoms with Crippen molar-refractivity contribution in [3.63, 3.8) is 0 Å². The Balaban J connectivity index is 1.69. The summed E-state index contributed by atoms with van der Waals surface area (Å²) in [5.74, 6) is -1.37. The fraction of sp³-hybridized carbons (Fsp3) is 0.300. The molecule has 1 saturated heterocycles. The monoisotopic (exact) mass is 374 g/mol. The van der Waals surface area contributed by atoms with E-state index >= 15 is 0 Å². The van der Waals surface area contributed by atoms with Gasteiger partial charge in [-0.3, -0.25) is 9.59 Å². The molecular formula is C20H20ClFN2O2. The zero-order valence-electron chi connectivity index (χ0n) is 14.5. The molecule has 0 radical (unpaired) electrons. The highest BCUT2D eigenvalue weighted by Gasteiger charge is 2.30. The second-order valence-electron chi connectivity index (χ2n) is 6.52. The number of amides is 2. The number of benzene rings is 2. The van der Waals surface area contributed by atoms with Gasteiger partial charge in [-0.15, -0.1) is 0 Å². The topological polar surface area (TPSA) is 49.4 Å². The summed E-state index contributed by atoms with van der Waals surface area (Å²) >= 11 is 5.94. The Morgan fingerprint density at radius 3 is 2.73 bits per heavy atom. The van der Waals surface area contributed by atoms with Crippen LogP contribution >= 0.6 is 11.6 Å². The Bertz CT molecular complexity index is 840. The van der Waals surface area contributed by atoms with Crippen LogP contribution in [0.2, 0.25) is 5.02 Å². The van der Waals surface area contributed by atoms with E-state index in [-0.39, 0.29) is 29.8 Å². The number of carbonyl (C=O) groups is 2. The first kappa shape index (κ1) is 18.4. The van der Waals surface area contributed by atoms with Gasteiger partial charge in [0.2, 0.25) is 5.91 Å². The molecule has 1 aliphatic heterocycles. The lowest BCUT2D eigenvalue weighted by atomic mass is 9.96. The molecule has 1 heterocycles. The summed E-state index contributed by atoms with van der Waals surface area (Å²) in [4.78, 5) is 26.8. The average molecular weight is 375 g/mol. The molecule has 0 aliphatic carbocycles. The van der Waals surface area contributed by atoms with Crippen molar-refractivity contribution >= 4 is 29.1 Å². The van der Waals surface area contributed by atoms with Crippen LogP contribution in [0.5, 0.6) is 0 Å². The van der Waals surface area contributed by atoms with E-state index in [4.69, 9.17) is 11.6 Å². The number of carbonyl (C=O) groups excluding carboxylic acids is 2. The van der Waals surface area contributed by atoms with E-state index in [1.165, 1.54) is 12.1 Å². The van der Waals surface area contributed by atoms with Crippen molar-refractivity contribution in [3.05, 3.63) is 64.4 Å². The Labute approximate surface area is 157 Å². The zero-order chi connectivity index (χ0) is 18.7. The molecule has 136 valence electrons. The van der Waals surface area contributed by atoms with Gasteiger partial charge in [-0.1, -0.05) is 23.7 Å². The number of rotatable bonds is 3. The van der Waals surface area contributed by atoms with Gasteiger partial charge >= 0.3 is 0 Å². The van der Waals surface area contributed by atoms with E-state index in [0.717, 1.165) is 5.56 Å². The predicted molar refractivity (Wildman–Crippen MR) is 99.8 cm³/mol. The molecule has 26 heavy (non-hydrogen) atoms. The molecular weight excluding hydrogens is 355 g/mol. The third-order valence-electron chi connectivity index (χ3n) is 4.63. The van der Waals surface area contributed by atoms with Gasteiger partial charge in [0.1, 0.15) is 5.82 Å². The SMILES string of the molecule is Cc1cc(Cl)ccc1NC(=O)[C@H]1CCCN(C(=O)c2ccccc2F)C1. The first-order valence-corrected chi connectivity index (χ1v) is 8.94. The summed E-state index contributed by atoms with van der Waals surface area (Å²) in [5, 5.41) is 3.52. The minimum Gasteiger partial charge on any atom is -0.338 e. The molecule has 6 heteroatoms. The number of anilines is 1. The van der Waals surface area contributed by atoms with E-state index in [0.29, 0.717) is 30.1 Å². The molecule has 0 saturated carbocycles. The van der Waals surface area contributed by atoms with E-state index in [2.05, 4.69) is 5.32 Å². The summed E-state index contributed by atoms with van der Waals surface area (Å²) in [6.07, 6.45) is 1.40. The zero-order valence-corrected chi connectivity index (χ0v) is 15.2. The van der Waals surface area contributed by atoms with Crippen molar-refractivity contribution in [1.82, 2.24) is 4.90 Å². The quantitative estimate of drug-likeness (QED) is 0.871. The Morgan fingerprint density at radius 1 is 1.23 bits per heavy atom. The molecule has 0 unspecified atom stereocenters. The second kappa shape index (κ2) is 7.87. The van der Waals surface area contributed by atoms with Crippen molar-refractivity contribution in [3.8, 4) is 0 Å². The third-order valence-corrected chi connectivity index (χ3v) is 4.87. The highest BCUT2D eigenvalue weighted by atomic mass is 35.5. The van der Waals surface area contributed by atoms with E-state index in [1.54, 1.807) is 35.2 Å². The molecule has 2 amide bonds. The summed E-state index contributed by atoms with van der Waals surface area (Å²) in [6.45, 7) is 2.68. The molecule has 0 aromatic heterocycles. The Morgan fingerprint density at radius 2 is 2.00 bits per heavy atom. The van der Waals surface area contributed by atoms with Crippen molar-refractivity contribution in [1.29, 1.82) is 0 Å². The Hall–Kier alpha value is -2.40. The van der Waals surface area contributed by atoms with Gasteiger partial charge < -0.3 is 10.2 Å². The molecule has 2 aromatic carbocycles. The first-order valence-electron chi connectivity index (χ1n) is 8.56. The van der Waals surface area contributed by atoms with Crippen LogP contribution in [0.3, 0.4) is 0 Å². The predicted octanol–water partition coefficient (Wildman–Crippen LogP) is 4.28. The van der Waals surface area contributed by atoms with Crippen LogP contribution in [0.15, 0.2) is 42.5 Å². The van der Waals surface area contributed by atoms with Crippen LogP contribution in [0.1, 0.15) is 28.8 Å². The van der Waals surface area contributed by atoms with Gasteiger partial charge in [0.05, 0.1) is 11.5 Å². The first-order chi connectivity index (χ1) is 12.5. The van der Waals surface area contributed by atoms with Crippen LogP contribution in [-0.4, -0.2) is 29.8 Å². The fourth-order valence-electron chi connectivity index (χ4n) is 3.18. The average Bonchev–Trinajstić information content (AvgIpc) is 2.64. The smallest absolute Gasteiger partial charge is 0.256 e. The summed E-state index contributed by atoms with van der Waals surface area (Å²) in [6, 6.07) is 11.2. The number of piperidine rings is 1. The van der Waals surface area contributed by atoms with Gasteiger partial charge in [-0.2, -0.15) is 0 Å². The summed E-state index contributed by atoms with van der Waals surface area (Å²) < 4.78 is 13.9. The van der Waals surface area contributed by atoms with Crippen molar-refractivity contribution in [2.45, 2.75) is 19.8 Å². The van der Waals surface area contributed by atoms with Gasteiger partial charge in [0, 0.05) is 23.8 Å². The standard InChI is InChI=1S/C20H20ClFN2O2/c1-13-11-15(21)8-9-18(13)23-19(25)14-5-4-10-24(12-14)20(26)16-6-2-3-7-17(16)22/h2-3,6-9,11,14H,4-5,10,12H2,1H3,(H,23,25)/t14-/m0/s1. The van der Waals surface area contributed by atoms with Crippen LogP contribution in [-0.2, 0) is 4.79 Å². The summed E-state index contributed by atoms with van der Waals surface area (Å²) in [7, 11) is 0. The van der Waals surface area contributed by atoms with Gasteiger partial charge in [0.15, 0.2) is 0 Å². The van der Waals surface area contributed by atoms with Crippen LogP contribution in [0.4, 0.5) is 10.1 Å². The van der Waals surface area contributed by atoms with Crippen molar-refractivity contribution < 1.29 is 14.0 Å². The maximum atomic E-state index is 13.9. The van der Waals surface area contributed by atoms with Crippen LogP contribution < -0.4 is 5.32 Å². The summed E-state index contributed by atoms with van der Waals surface area (Å²) in [5.41, 5.74) is 1.63. The lowest BCUT2D eigenvalue weighted by molar-refractivity contribution is -0.121. The highest BCUT2D eigenvalue weighted by Crippen LogP contribution is 2.24. The number of nitrogens with zero attached hydrogens (tertiary/aromatic N) is 1. The number of aryl methyl sites for hydroxylation is 1. The van der Waals surface area contributed by atoms with Gasteiger partial charge in [-0.05, 0) is 55.7 Å². The Kier molecular flexibility index (Phi) is 5.57. The van der Waals surface area contributed by atoms with Crippen molar-refractivity contribution in [2.24, 2.45) is 5.92 Å². The number of hydrogen-bond acceptors (Lipinski definition) is 2. The maximum Gasteiger partial charge on any atom is 0.256 e. The van der Waals surface area contributed by atoms with E-state index < -0.39 is 5.82 Å². The largest absolute Gasteiger partial charge is 0.338 e. The molecule has 1 atom stereocenters. The fourth-order valence-corrected chi connectivity index (χ4v) is 3.41. The van der Waals surface area contributed by atoms with Crippen LogP contribution in [0, 0.1) is 18.7 Å². The number of hydrogen-bond donors (Lipinski definition) is 1. The van der Waals surface area contributed by atoms with Crippen LogP contribution in [0.25, 0.3) is 0 Å². The number of likely N-dealkylation sites (tertiary alicyclic amines) is 1. The lowest BCUT2D eigenvalue weighted by Crippen LogP contribution is -2.44. The minimum absolute atomic E-state index is 0.0436. The molecule has 3 rings (SSSR count). The number of nitrogens with one attached hydrogen (secondary N) is 1. The van der Waals surface area contributed by atoms with E-state index in [1.807, 2.05) is 6.92 Å². The number of halogens is 2. The molecule has 1 N–H and O–H groups in total. The molecule has 1 fully saturated rings. The molecule has 1 aliphatic rings. The normalized spacial score (nSPS) is 17.0. The van der Waals surface area contributed by atoms with E-state index in [9.17, 15) is 14.0 Å². The second-order valence-corrected chi connectivity index (χ2v) is 6.96. The molecule has 2 aromatic rings. The third kappa shape index (κ3) is 4.05. The highest BCUT2D eigenvalue weighted by molar-refractivity contribution is 6.30. The van der Waals surface area contributed by atoms with Gasteiger partial charge in [-0.25, -0.2) is 4.39 Å². The van der Waals surface area contributed by atoms with Crippen molar-refractivity contribution in [2.75, 3.05) is 18.4 Å². The maximum absolute atomic E-state index is 13.9. The lowest BCUT2D eigenvalue weighted by Gasteiger charge is -2.32. The molecule has 4 nitrogen and oxygen atoms in total. The minimum atomic E-state index is -0.541. The molecule has 0 spiro atoms. The van der Waals surface area contributed by atoms with Gasteiger partial charge in [0.25, 0.3) is 5.91 Å².